The fraction of sp³-hybridized carbons (Fsp3) is 0.500. The van der Waals surface area contributed by atoms with E-state index in [-0.39, 0.29) is 0 Å². The van der Waals surface area contributed by atoms with Crippen LogP contribution in [0.3, 0.4) is 0 Å². The number of nitrogens with one attached hydrogen (secondary N) is 2. The molecule has 8 heteroatoms. The van der Waals surface area contributed by atoms with Crippen molar-refractivity contribution >= 4 is 41.2 Å². The molecule has 6 nitrogen and oxygen atoms in total. The van der Waals surface area contributed by atoms with Gasteiger partial charge in [0, 0.05) is 53.6 Å². The molecule has 0 unspecified atom stereocenters. The van der Waals surface area contributed by atoms with Crippen molar-refractivity contribution in [2.24, 2.45) is 11.0 Å². The molecule has 4 rings (SSSR count). The molecule has 3 heterocycles. The maximum Gasteiger partial charge on any atom is 0.468 e. The highest BCUT2D eigenvalue weighted by molar-refractivity contribution is 7.97. The number of hydrazone groups is 1. The number of H-pyrrole nitrogens is 1. The molecule has 0 amide bonds. The van der Waals surface area contributed by atoms with Crippen molar-refractivity contribution in [2.45, 2.75) is 32.2 Å². The smallest absolute Gasteiger partial charge is 0.428 e. The van der Waals surface area contributed by atoms with Gasteiger partial charge in [-0.15, -0.1) is 0 Å². The highest BCUT2D eigenvalue weighted by atomic mass is 32.2. The molecule has 0 aromatic carbocycles. The Labute approximate surface area is 146 Å². The number of hydrogen-bond donors (Lipinski definition) is 3. The summed E-state index contributed by atoms with van der Waals surface area (Å²) in [7, 11) is 1.09. The largest absolute Gasteiger partial charge is 0.468 e. The Morgan fingerprint density at radius 1 is 1.50 bits per heavy atom. The molecule has 0 saturated heterocycles. The van der Waals surface area contributed by atoms with Gasteiger partial charge in [-0.2, -0.15) is 5.10 Å². The number of fused-ring (bicyclic) bond motifs is 3. The molecule has 2 aliphatic rings. The highest BCUT2D eigenvalue weighted by Crippen LogP contribution is 2.35. The van der Waals surface area contributed by atoms with Gasteiger partial charge in [0.1, 0.15) is 5.65 Å². The third-order valence-corrected chi connectivity index (χ3v) is 5.96. The highest BCUT2D eigenvalue weighted by Gasteiger charge is 2.40. The van der Waals surface area contributed by atoms with Crippen LogP contribution in [0, 0.1) is 5.92 Å². The fourth-order valence-corrected chi connectivity index (χ4v) is 4.23. The van der Waals surface area contributed by atoms with Crippen LogP contribution in [-0.2, 0) is 0 Å². The summed E-state index contributed by atoms with van der Waals surface area (Å²) < 4.78 is 3.55. The van der Waals surface area contributed by atoms with E-state index in [1.54, 1.807) is 11.1 Å². The van der Waals surface area contributed by atoms with Crippen LogP contribution in [0.1, 0.15) is 31.7 Å². The van der Waals surface area contributed by atoms with E-state index in [4.69, 9.17) is 5.10 Å². The van der Waals surface area contributed by atoms with E-state index < -0.39 is 7.05 Å². The third-order valence-electron chi connectivity index (χ3n) is 4.85. The zero-order valence-electron chi connectivity index (χ0n) is 14.0. The minimum absolute atomic E-state index is 0.430. The zero-order chi connectivity index (χ0) is 16.7. The number of aromatic nitrogens is 2. The molecular weight excluding hydrogens is 321 g/mol. The van der Waals surface area contributed by atoms with E-state index in [1.807, 2.05) is 31.3 Å². The van der Waals surface area contributed by atoms with E-state index in [1.165, 1.54) is 6.42 Å². The Morgan fingerprint density at radius 3 is 3.12 bits per heavy atom. The predicted molar refractivity (Wildman–Crippen MR) is 100 cm³/mol. The summed E-state index contributed by atoms with van der Waals surface area (Å²) in [5, 5.41) is 16.2. The van der Waals surface area contributed by atoms with Crippen molar-refractivity contribution in [3.8, 4) is 0 Å². The summed E-state index contributed by atoms with van der Waals surface area (Å²) in [5.41, 5.74) is 3.86. The number of pyridine rings is 1. The van der Waals surface area contributed by atoms with Gasteiger partial charge >= 0.3 is 7.05 Å². The van der Waals surface area contributed by atoms with Gasteiger partial charge in [-0.05, 0) is 25.3 Å². The lowest BCUT2D eigenvalue weighted by molar-refractivity contribution is 0.321. The monoisotopic (exact) mass is 343 g/mol. The maximum absolute atomic E-state index is 10.5. The van der Waals surface area contributed by atoms with Crippen molar-refractivity contribution < 1.29 is 5.02 Å². The lowest BCUT2D eigenvalue weighted by atomic mass is 9.65. The standard InChI is InChI=1S/C16H22BN5OS/c1-3-6-24-21-11-7-10(8-11)15-14-12-4-5-18-16(12)19-9-13(14)17(23)22(2)20-15/h4-5,9-11,21,23H,3,6-8H2,1-2H3,(H,18,19)/t10-,11+. The van der Waals surface area contributed by atoms with Gasteiger partial charge < -0.3 is 14.9 Å². The third kappa shape index (κ3) is 2.62. The molecule has 2 aromatic rings. The first-order valence-corrected chi connectivity index (χ1v) is 9.50. The first kappa shape index (κ1) is 16.0. The summed E-state index contributed by atoms with van der Waals surface area (Å²) in [5.74, 6) is 1.58. The molecule has 2 aromatic heterocycles. The Hall–Kier alpha value is -1.51. The molecule has 24 heavy (non-hydrogen) atoms. The first-order chi connectivity index (χ1) is 11.7. The van der Waals surface area contributed by atoms with Crippen LogP contribution in [0.4, 0.5) is 0 Å². The van der Waals surface area contributed by atoms with Crippen molar-refractivity contribution in [2.75, 3.05) is 12.8 Å². The van der Waals surface area contributed by atoms with Crippen LogP contribution in [0.5, 0.6) is 0 Å². The topological polar surface area (TPSA) is 76.5 Å². The van der Waals surface area contributed by atoms with Gasteiger partial charge in [0.25, 0.3) is 0 Å². The Morgan fingerprint density at radius 2 is 2.33 bits per heavy atom. The van der Waals surface area contributed by atoms with Crippen molar-refractivity contribution in [3.05, 3.63) is 24.0 Å². The Bertz CT molecular complexity index is 773. The molecule has 0 spiro atoms. The second-order valence-electron chi connectivity index (χ2n) is 6.59. The quantitative estimate of drug-likeness (QED) is 0.434. The van der Waals surface area contributed by atoms with E-state index in [9.17, 15) is 5.02 Å². The average Bonchev–Trinajstić information content (AvgIpc) is 3.01. The summed E-state index contributed by atoms with van der Waals surface area (Å²) >= 11 is 1.82. The number of hydrogen-bond acceptors (Lipinski definition) is 6. The van der Waals surface area contributed by atoms with Gasteiger partial charge in [0.05, 0.1) is 5.71 Å². The van der Waals surface area contributed by atoms with Gasteiger partial charge in [-0.1, -0.05) is 18.9 Å². The summed E-state index contributed by atoms with van der Waals surface area (Å²) in [4.78, 5) is 9.23. The van der Waals surface area contributed by atoms with Gasteiger partial charge in [-0.3, -0.25) is 4.72 Å². The van der Waals surface area contributed by atoms with Crippen molar-refractivity contribution in [1.82, 2.24) is 19.6 Å². The lowest BCUT2D eigenvalue weighted by Gasteiger charge is -2.39. The molecule has 126 valence electrons. The van der Waals surface area contributed by atoms with E-state index in [0.29, 0.717) is 12.0 Å². The van der Waals surface area contributed by atoms with Gasteiger partial charge in [0.2, 0.25) is 0 Å². The Balaban J connectivity index is 1.61. The second-order valence-corrected chi connectivity index (χ2v) is 7.53. The fourth-order valence-electron chi connectivity index (χ4n) is 3.48. The molecule has 1 fully saturated rings. The summed E-state index contributed by atoms with van der Waals surface area (Å²) in [6.45, 7) is 2.20. The van der Waals surface area contributed by atoms with E-state index in [0.717, 1.165) is 46.4 Å². The molecule has 0 atom stereocenters. The molecule has 1 aliphatic carbocycles. The minimum Gasteiger partial charge on any atom is -0.428 e. The van der Waals surface area contributed by atoms with Crippen LogP contribution < -0.4 is 10.2 Å². The number of rotatable bonds is 5. The van der Waals surface area contributed by atoms with Crippen LogP contribution in [0.2, 0.25) is 0 Å². The van der Waals surface area contributed by atoms with Crippen molar-refractivity contribution in [3.63, 3.8) is 0 Å². The first-order valence-electron chi connectivity index (χ1n) is 8.52. The van der Waals surface area contributed by atoms with Crippen molar-refractivity contribution in [1.29, 1.82) is 0 Å². The molecule has 3 N–H and O–H groups in total. The summed E-state index contributed by atoms with van der Waals surface area (Å²) in [6, 6.07) is 2.58. The predicted octanol–water partition coefficient (Wildman–Crippen LogP) is 1.33. The molecule has 1 aliphatic heterocycles. The van der Waals surface area contributed by atoms with Crippen LogP contribution in [0.25, 0.3) is 11.0 Å². The molecule has 1 saturated carbocycles. The second kappa shape index (κ2) is 6.42. The SMILES string of the molecule is CCCSN[C@H]1C[C@@H](C2=NN(C)B(O)c3cnc4[nH]ccc4c32)C1. The Kier molecular flexibility index (Phi) is 4.28. The van der Waals surface area contributed by atoms with Gasteiger partial charge in [0.15, 0.2) is 0 Å². The average molecular weight is 343 g/mol. The van der Waals surface area contributed by atoms with E-state index in [2.05, 4.69) is 21.6 Å². The minimum atomic E-state index is -0.732. The normalized spacial score (nSPS) is 23.2. The molecule has 0 radical (unpaired) electrons. The number of aromatic amines is 1. The zero-order valence-corrected chi connectivity index (χ0v) is 14.8. The van der Waals surface area contributed by atoms with Gasteiger partial charge in [-0.25, -0.2) is 4.98 Å². The lowest BCUT2D eigenvalue weighted by Crippen LogP contribution is -2.53. The van der Waals surface area contributed by atoms with E-state index >= 15 is 0 Å². The number of nitrogens with zero attached hydrogens (tertiary/aromatic N) is 3. The summed E-state index contributed by atoms with van der Waals surface area (Å²) in [6.07, 6.45) is 7.04. The van der Waals surface area contributed by atoms with Crippen LogP contribution in [0.15, 0.2) is 23.6 Å². The van der Waals surface area contributed by atoms with Crippen LogP contribution >= 0.6 is 11.9 Å². The van der Waals surface area contributed by atoms with Crippen LogP contribution in [-0.4, -0.2) is 51.5 Å². The maximum atomic E-state index is 10.5. The molecule has 0 bridgehead atoms. The molecular formula is C16H22BN5OS.